The van der Waals surface area contributed by atoms with Gasteiger partial charge in [-0.3, -0.25) is 14.2 Å². The lowest BCUT2D eigenvalue weighted by Gasteiger charge is -2.15. The molecule has 0 radical (unpaired) electrons. The van der Waals surface area contributed by atoms with Gasteiger partial charge in [0.2, 0.25) is 0 Å². The average Bonchev–Trinajstić information content (AvgIpc) is 3.55. The van der Waals surface area contributed by atoms with Gasteiger partial charge in [0.15, 0.2) is 16.3 Å². The molecule has 2 aromatic carbocycles. The van der Waals surface area contributed by atoms with Crippen molar-refractivity contribution in [2.45, 2.75) is 18.0 Å². The van der Waals surface area contributed by atoms with E-state index in [0.29, 0.717) is 17.7 Å². The number of aromatic nitrogens is 3. The number of carbonyl (C=O) groups is 1. The number of sulfonamides is 1. The Hall–Kier alpha value is -4.74. The summed E-state index contributed by atoms with van der Waals surface area (Å²) in [6, 6.07) is 7.87. The highest BCUT2D eigenvalue weighted by molar-refractivity contribution is 7.93. The topological polar surface area (TPSA) is 167 Å². The Balaban J connectivity index is 1.62. The molecule has 0 fully saturated rings. The van der Waals surface area contributed by atoms with Gasteiger partial charge in [0.25, 0.3) is 15.9 Å². The quantitative estimate of drug-likeness (QED) is 0.218. The van der Waals surface area contributed by atoms with Crippen LogP contribution >= 0.6 is 0 Å². The third-order valence-corrected chi connectivity index (χ3v) is 6.85. The Morgan fingerprint density at radius 1 is 1.18 bits per heavy atom. The minimum absolute atomic E-state index is 0.00426. The molecule has 0 aliphatic rings. The van der Waals surface area contributed by atoms with Gasteiger partial charge in [0.1, 0.15) is 29.2 Å². The molecule has 0 atom stereocenters. The normalized spacial score (nSPS) is 11.1. The molecule has 204 valence electrons. The molecule has 13 nitrogen and oxygen atoms in total. The summed E-state index contributed by atoms with van der Waals surface area (Å²) in [7, 11) is -1.52. The van der Waals surface area contributed by atoms with Crippen LogP contribution in [0.5, 0.6) is 17.2 Å². The van der Waals surface area contributed by atoms with Gasteiger partial charge >= 0.3 is 0 Å². The van der Waals surface area contributed by atoms with E-state index in [1.807, 2.05) is 5.92 Å². The summed E-state index contributed by atoms with van der Waals surface area (Å²) in [5.74, 6) is 1.71. The van der Waals surface area contributed by atoms with Crippen molar-refractivity contribution in [1.82, 2.24) is 20.3 Å². The Morgan fingerprint density at radius 3 is 2.67 bits per heavy atom. The van der Waals surface area contributed by atoms with Crippen LogP contribution in [0.2, 0.25) is 0 Å². The van der Waals surface area contributed by atoms with Gasteiger partial charge in [-0.1, -0.05) is 11.2 Å². The van der Waals surface area contributed by atoms with E-state index in [0.717, 1.165) is 11.1 Å². The van der Waals surface area contributed by atoms with Gasteiger partial charge in [-0.25, -0.2) is 8.42 Å². The van der Waals surface area contributed by atoms with E-state index in [2.05, 4.69) is 20.3 Å². The number of aliphatic hydroxyl groups is 1. The van der Waals surface area contributed by atoms with Crippen LogP contribution in [0.25, 0.3) is 11.0 Å². The highest BCUT2D eigenvalue weighted by Crippen LogP contribution is 2.38. The number of anilines is 1. The summed E-state index contributed by atoms with van der Waals surface area (Å²) < 4.78 is 52.5. The lowest BCUT2D eigenvalue weighted by Crippen LogP contribution is -2.20. The van der Waals surface area contributed by atoms with Crippen molar-refractivity contribution in [2.75, 3.05) is 32.2 Å². The first-order valence-electron chi connectivity index (χ1n) is 11.4. The van der Waals surface area contributed by atoms with Crippen molar-refractivity contribution in [3.63, 3.8) is 0 Å². The lowest BCUT2D eigenvalue weighted by atomic mass is 10.1. The second-order valence-corrected chi connectivity index (χ2v) is 9.66. The molecule has 4 aromatic rings. The molecule has 14 heteroatoms. The number of nitrogens with one attached hydrogen (secondary N) is 2. The molecule has 0 saturated heterocycles. The fraction of sp³-hybridized carbons (Fsp3) is 0.240. The molecular formula is C25H25N5O8S. The predicted molar refractivity (Wildman–Crippen MR) is 139 cm³/mol. The molecule has 3 N–H and O–H groups in total. The number of rotatable bonds is 12. The van der Waals surface area contributed by atoms with Crippen LogP contribution in [-0.4, -0.2) is 61.8 Å². The average molecular weight is 556 g/mol. The molecule has 4 rings (SSSR count). The first-order valence-corrected chi connectivity index (χ1v) is 12.9. The minimum Gasteiger partial charge on any atom is -0.496 e. The van der Waals surface area contributed by atoms with E-state index in [-0.39, 0.29) is 47.6 Å². The van der Waals surface area contributed by atoms with Crippen LogP contribution in [0.3, 0.4) is 0 Å². The SMILES string of the molecule is C#CC(=O)NCc1cnn(Cc2cc(OC)c3c(NS(=O)(=O)c4c(OC)cccc4OCCO)noc3c2)c1. The summed E-state index contributed by atoms with van der Waals surface area (Å²) in [5.41, 5.74) is 1.76. The van der Waals surface area contributed by atoms with Crippen LogP contribution in [0.15, 0.2) is 52.1 Å². The summed E-state index contributed by atoms with van der Waals surface area (Å²) in [5, 5.41) is 20.2. The smallest absolute Gasteiger partial charge is 0.295 e. The third kappa shape index (κ3) is 6.06. The minimum atomic E-state index is -4.29. The maximum absolute atomic E-state index is 13.4. The Morgan fingerprint density at radius 2 is 1.95 bits per heavy atom. The molecule has 39 heavy (non-hydrogen) atoms. The molecule has 0 aliphatic carbocycles. The van der Waals surface area contributed by atoms with Crippen molar-refractivity contribution < 1.29 is 37.1 Å². The highest BCUT2D eigenvalue weighted by Gasteiger charge is 2.28. The molecule has 2 aromatic heterocycles. The van der Waals surface area contributed by atoms with Crippen molar-refractivity contribution in [1.29, 1.82) is 0 Å². The number of carbonyl (C=O) groups excluding carboxylic acids is 1. The van der Waals surface area contributed by atoms with E-state index in [9.17, 15) is 13.2 Å². The van der Waals surface area contributed by atoms with E-state index < -0.39 is 15.9 Å². The van der Waals surface area contributed by atoms with Gasteiger partial charge in [-0.05, 0) is 35.7 Å². The Labute approximate surface area is 223 Å². The molecule has 0 saturated carbocycles. The Bertz CT molecular complexity index is 1640. The van der Waals surface area contributed by atoms with Crippen LogP contribution in [0.4, 0.5) is 5.82 Å². The fourth-order valence-electron chi connectivity index (χ4n) is 3.79. The highest BCUT2D eigenvalue weighted by atomic mass is 32.2. The van der Waals surface area contributed by atoms with Gasteiger partial charge < -0.3 is 29.2 Å². The second kappa shape index (κ2) is 11.8. The monoisotopic (exact) mass is 555 g/mol. The van der Waals surface area contributed by atoms with Crippen molar-refractivity contribution in [2.24, 2.45) is 0 Å². The maximum Gasteiger partial charge on any atom is 0.295 e. The molecule has 0 spiro atoms. The largest absolute Gasteiger partial charge is 0.496 e. The predicted octanol–water partition coefficient (Wildman–Crippen LogP) is 1.51. The molecular weight excluding hydrogens is 530 g/mol. The van der Waals surface area contributed by atoms with Gasteiger partial charge in [-0.15, -0.1) is 6.42 Å². The fourth-order valence-corrected chi connectivity index (χ4v) is 5.09. The number of methoxy groups -OCH3 is 2. The van der Waals surface area contributed by atoms with Gasteiger partial charge in [0.05, 0.1) is 33.6 Å². The van der Waals surface area contributed by atoms with E-state index >= 15 is 0 Å². The summed E-state index contributed by atoms with van der Waals surface area (Å²) in [4.78, 5) is 11.0. The van der Waals surface area contributed by atoms with Crippen LogP contribution in [0, 0.1) is 12.3 Å². The van der Waals surface area contributed by atoms with Crippen molar-refractivity contribution >= 4 is 32.7 Å². The zero-order chi connectivity index (χ0) is 28.0. The number of hydrogen-bond acceptors (Lipinski definition) is 10. The second-order valence-electron chi connectivity index (χ2n) is 8.04. The number of hydrogen-bond donors (Lipinski definition) is 3. The maximum atomic E-state index is 13.4. The van der Waals surface area contributed by atoms with Crippen LogP contribution < -0.4 is 24.2 Å². The first kappa shape index (κ1) is 27.3. The molecule has 2 heterocycles. The summed E-state index contributed by atoms with van der Waals surface area (Å²) in [6.45, 7) is 0.135. The van der Waals surface area contributed by atoms with E-state index in [1.165, 1.54) is 26.4 Å². The zero-order valence-corrected chi connectivity index (χ0v) is 21.8. The summed E-state index contributed by atoms with van der Waals surface area (Å²) >= 11 is 0. The van der Waals surface area contributed by atoms with E-state index in [1.54, 1.807) is 35.3 Å². The number of fused-ring (bicyclic) bond motifs is 1. The lowest BCUT2D eigenvalue weighted by molar-refractivity contribution is -0.115. The van der Waals surface area contributed by atoms with Gasteiger partial charge in [0, 0.05) is 18.3 Å². The number of nitrogens with zero attached hydrogens (tertiary/aromatic N) is 3. The summed E-state index contributed by atoms with van der Waals surface area (Å²) in [6.07, 6.45) is 8.40. The first-order chi connectivity index (χ1) is 18.8. The standard InChI is InChI=1S/C25H25N5O8S/c1-4-22(32)26-12-17-13-27-30(15-17)14-16-10-20(36-3)23-21(11-16)38-28-25(23)29-39(33,34)24-18(35-2)6-5-7-19(24)37-9-8-31/h1,5-7,10-11,13,15,31H,8-9,12,14H2,2-3H3,(H,26,32)(H,28,29). The van der Waals surface area contributed by atoms with Gasteiger partial charge in [-0.2, -0.15) is 5.10 Å². The Kier molecular flexibility index (Phi) is 8.23. The number of terminal acetylenes is 1. The zero-order valence-electron chi connectivity index (χ0n) is 21.0. The number of amides is 1. The van der Waals surface area contributed by atoms with E-state index in [4.69, 9.17) is 30.3 Å². The molecule has 0 aliphatic heterocycles. The van der Waals surface area contributed by atoms with Crippen LogP contribution in [-0.2, 0) is 27.9 Å². The number of benzene rings is 2. The third-order valence-electron chi connectivity index (χ3n) is 5.44. The molecule has 1 amide bonds. The van der Waals surface area contributed by atoms with Crippen LogP contribution in [0.1, 0.15) is 11.1 Å². The molecule has 0 bridgehead atoms. The number of aliphatic hydroxyl groups excluding tert-OH is 1. The molecule has 0 unspecified atom stereocenters. The number of ether oxygens (including phenoxy) is 3. The van der Waals surface area contributed by atoms with Crippen molar-refractivity contribution in [3.8, 4) is 29.6 Å². The van der Waals surface area contributed by atoms with Crippen molar-refractivity contribution in [3.05, 3.63) is 53.9 Å².